The molecule has 3 aliphatic rings. The summed E-state index contributed by atoms with van der Waals surface area (Å²) in [6.07, 6.45) is 0.798. The van der Waals surface area contributed by atoms with Crippen LogP contribution in [0.15, 0.2) is 67.0 Å². The van der Waals surface area contributed by atoms with Crippen LogP contribution in [0.5, 0.6) is 0 Å². The number of aliphatic hydroxyl groups is 2. The highest BCUT2D eigenvalue weighted by molar-refractivity contribution is 5.88. The lowest BCUT2D eigenvalue weighted by atomic mass is 9.98. The van der Waals surface area contributed by atoms with E-state index in [1.54, 1.807) is 17.9 Å². The number of rotatable bonds is 5. The summed E-state index contributed by atoms with van der Waals surface area (Å²) in [6.45, 7) is 0. The van der Waals surface area contributed by atoms with Crippen LogP contribution in [0.1, 0.15) is 41.8 Å². The molecule has 0 aliphatic heterocycles. The molecule has 7 rings (SSSR count). The topological polar surface area (TPSA) is 125 Å². The number of benzene rings is 2. The van der Waals surface area contributed by atoms with Crippen LogP contribution in [0.3, 0.4) is 0 Å². The van der Waals surface area contributed by atoms with Crippen molar-refractivity contribution < 1.29 is 15.0 Å². The summed E-state index contributed by atoms with van der Waals surface area (Å²) in [4.78, 5) is 26.8. The summed E-state index contributed by atoms with van der Waals surface area (Å²) < 4.78 is 1.79. The van der Waals surface area contributed by atoms with E-state index in [4.69, 9.17) is 9.97 Å². The van der Waals surface area contributed by atoms with Gasteiger partial charge in [0.15, 0.2) is 17.0 Å². The quantitative estimate of drug-likeness (QED) is 0.298. The largest absolute Gasteiger partial charge is 0.389 e. The summed E-state index contributed by atoms with van der Waals surface area (Å²) in [7, 11) is 1.55. The number of imidazole rings is 1. The van der Waals surface area contributed by atoms with Gasteiger partial charge in [0.05, 0.1) is 23.9 Å². The van der Waals surface area contributed by atoms with Gasteiger partial charge in [0, 0.05) is 30.5 Å². The number of carbonyl (C=O) groups excluding carboxylic acids is 1. The van der Waals surface area contributed by atoms with Gasteiger partial charge in [-0.2, -0.15) is 0 Å². The fourth-order valence-corrected chi connectivity index (χ4v) is 6.33. The zero-order valence-electron chi connectivity index (χ0n) is 21.3. The lowest BCUT2D eigenvalue weighted by Crippen LogP contribution is -2.41. The Bertz CT molecular complexity index is 1630. The fraction of sp³-hybridized carbons (Fsp3) is 0.333. The van der Waals surface area contributed by atoms with Crippen LogP contribution in [-0.4, -0.2) is 60.9 Å². The van der Waals surface area contributed by atoms with E-state index in [0.29, 0.717) is 35.1 Å². The standard InChI is InChI=1S/C30H28N6O3/c1-31-29(39)30-15-20(30)24(25(37)26(30)38)36-16-32-23-27(33-21-14-19(21)18-10-6-3-7-11-18)34-22(35-28(23)36)13-12-17-8-4-2-5-9-17/h2-11,16,19-21,24-26,37-38H,14-15H2,1H3,(H,31,39)(H,33,34,35)/t19?,20?,21?,24-,25+,26+,30?/m1/s1. The molecule has 0 spiro atoms. The molecular weight excluding hydrogens is 492 g/mol. The number of nitrogens with zero attached hydrogens (tertiary/aromatic N) is 4. The van der Waals surface area contributed by atoms with Crippen LogP contribution in [0.2, 0.25) is 0 Å². The maximum Gasteiger partial charge on any atom is 0.229 e. The van der Waals surface area contributed by atoms with E-state index in [1.165, 1.54) is 5.56 Å². The van der Waals surface area contributed by atoms with Crippen LogP contribution in [-0.2, 0) is 4.79 Å². The zero-order chi connectivity index (χ0) is 26.7. The van der Waals surface area contributed by atoms with E-state index in [-0.39, 0.29) is 17.9 Å². The first-order chi connectivity index (χ1) is 19.0. The van der Waals surface area contributed by atoms with Crippen LogP contribution in [0.4, 0.5) is 5.82 Å². The number of hydrogen-bond acceptors (Lipinski definition) is 7. The summed E-state index contributed by atoms with van der Waals surface area (Å²) in [5, 5.41) is 28.1. The van der Waals surface area contributed by atoms with E-state index in [2.05, 4.69) is 39.6 Å². The van der Waals surface area contributed by atoms with Gasteiger partial charge in [0.1, 0.15) is 6.10 Å². The minimum Gasteiger partial charge on any atom is -0.389 e. The normalized spacial score (nSPS) is 30.2. The van der Waals surface area contributed by atoms with Crippen LogP contribution < -0.4 is 10.6 Å². The number of hydrogen-bond donors (Lipinski definition) is 4. The van der Waals surface area contributed by atoms with Crippen molar-refractivity contribution in [3.8, 4) is 11.8 Å². The molecule has 0 bridgehead atoms. The van der Waals surface area contributed by atoms with Gasteiger partial charge < -0.3 is 25.4 Å². The third kappa shape index (κ3) is 3.79. The molecule has 2 aromatic carbocycles. The van der Waals surface area contributed by atoms with Gasteiger partial charge in [0.25, 0.3) is 0 Å². The first-order valence-corrected chi connectivity index (χ1v) is 13.2. The van der Waals surface area contributed by atoms with Gasteiger partial charge in [-0.05, 0) is 36.5 Å². The molecular formula is C30H28N6O3. The molecule has 3 fully saturated rings. The van der Waals surface area contributed by atoms with E-state index < -0.39 is 23.7 Å². The molecule has 196 valence electrons. The average molecular weight is 521 g/mol. The van der Waals surface area contributed by atoms with Crippen molar-refractivity contribution >= 4 is 22.9 Å². The molecule has 0 saturated heterocycles. The van der Waals surface area contributed by atoms with Crippen molar-refractivity contribution in [2.45, 2.75) is 43.1 Å². The Morgan fingerprint density at radius 2 is 1.79 bits per heavy atom. The highest BCUT2D eigenvalue weighted by Gasteiger charge is 2.75. The van der Waals surface area contributed by atoms with Crippen molar-refractivity contribution in [2.24, 2.45) is 11.3 Å². The Hall–Kier alpha value is -4.26. The Morgan fingerprint density at radius 3 is 2.54 bits per heavy atom. The summed E-state index contributed by atoms with van der Waals surface area (Å²) in [5.41, 5.74) is 2.21. The van der Waals surface area contributed by atoms with Crippen molar-refractivity contribution in [3.63, 3.8) is 0 Å². The second-order valence-electron chi connectivity index (χ2n) is 10.7. The monoisotopic (exact) mass is 520 g/mol. The molecule has 3 aliphatic carbocycles. The molecule has 4 N–H and O–H groups in total. The Morgan fingerprint density at radius 1 is 1.05 bits per heavy atom. The van der Waals surface area contributed by atoms with Gasteiger partial charge in [-0.1, -0.05) is 54.5 Å². The molecule has 0 radical (unpaired) electrons. The Kier molecular flexibility index (Phi) is 5.44. The number of nitrogens with one attached hydrogen (secondary N) is 2. The smallest absolute Gasteiger partial charge is 0.229 e. The summed E-state index contributed by atoms with van der Waals surface area (Å²) >= 11 is 0. The van der Waals surface area contributed by atoms with Crippen LogP contribution in [0, 0.1) is 23.2 Å². The van der Waals surface area contributed by atoms with E-state index in [9.17, 15) is 15.0 Å². The molecule has 1 amide bonds. The van der Waals surface area contributed by atoms with Crippen molar-refractivity contribution in [3.05, 3.63) is 83.9 Å². The maximum absolute atomic E-state index is 12.7. The molecule has 2 heterocycles. The van der Waals surface area contributed by atoms with Gasteiger partial charge in [-0.25, -0.2) is 15.0 Å². The average Bonchev–Trinajstić information content (AvgIpc) is 3.85. The third-order valence-corrected chi connectivity index (χ3v) is 8.50. The number of fused-ring (bicyclic) bond motifs is 2. The molecule has 9 nitrogen and oxygen atoms in total. The lowest BCUT2D eigenvalue weighted by molar-refractivity contribution is -0.132. The molecule has 9 heteroatoms. The summed E-state index contributed by atoms with van der Waals surface area (Å²) in [6, 6.07) is 19.7. The third-order valence-electron chi connectivity index (χ3n) is 8.50. The van der Waals surface area contributed by atoms with Crippen molar-refractivity contribution in [1.82, 2.24) is 24.8 Å². The van der Waals surface area contributed by atoms with E-state index >= 15 is 0 Å². The van der Waals surface area contributed by atoms with Gasteiger partial charge in [-0.15, -0.1) is 0 Å². The van der Waals surface area contributed by atoms with Crippen molar-refractivity contribution in [2.75, 3.05) is 12.4 Å². The van der Waals surface area contributed by atoms with Gasteiger partial charge >= 0.3 is 0 Å². The fourth-order valence-electron chi connectivity index (χ4n) is 6.33. The Balaban J connectivity index is 1.28. The second kappa shape index (κ2) is 8.90. The Labute approximate surface area is 225 Å². The number of anilines is 1. The predicted molar refractivity (Wildman–Crippen MR) is 145 cm³/mol. The minimum absolute atomic E-state index is 0.203. The molecule has 7 atom stereocenters. The number of amides is 1. The molecule has 2 aromatic heterocycles. The van der Waals surface area contributed by atoms with Gasteiger partial charge in [0.2, 0.25) is 11.7 Å². The summed E-state index contributed by atoms with van der Waals surface area (Å²) in [5.74, 6) is 7.02. The molecule has 39 heavy (non-hydrogen) atoms. The van der Waals surface area contributed by atoms with E-state index in [0.717, 1.165) is 12.0 Å². The highest BCUT2D eigenvalue weighted by atomic mass is 16.3. The second-order valence-corrected chi connectivity index (χ2v) is 10.7. The number of carbonyl (C=O) groups is 1. The first kappa shape index (κ1) is 23.8. The highest BCUT2D eigenvalue weighted by Crippen LogP contribution is 2.67. The molecule has 4 aromatic rings. The van der Waals surface area contributed by atoms with Crippen LogP contribution >= 0.6 is 0 Å². The predicted octanol–water partition coefficient (Wildman–Crippen LogP) is 2.22. The lowest BCUT2D eigenvalue weighted by Gasteiger charge is -2.23. The molecule has 4 unspecified atom stereocenters. The van der Waals surface area contributed by atoms with Crippen LogP contribution in [0.25, 0.3) is 11.2 Å². The zero-order valence-corrected chi connectivity index (χ0v) is 21.3. The maximum atomic E-state index is 12.7. The first-order valence-electron chi connectivity index (χ1n) is 13.2. The number of aromatic nitrogens is 4. The van der Waals surface area contributed by atoms with E-state index in [1.807, 2.05) is 48.5 Å². The SMILES string of the molecule is CNC(=O)C12CC1[C@@H](n1cnc3c(NC4CC4c4ccccc4)nc(C#Cc4ccccc4)nc31)[C@H](O)[C@@H]2O. The van der Waals surface area contributed by atoms with Gasteiger partial charge in [-0.3, -0.25) is 4.79 Å². The minimum atomic E-state index is -1.17. The molecule has 3 saturated carbocycles. The van der Waals surface area contributed by atoms with Crippen molar-refractivity contribution in [1.29, 1.82) is 0 Å². The number of aliphatic hydroxyl groups excluding tert-OH is 2.